The summed E-state index contributed by atoms with van der Waals surface area (Å²) in [6, 6.07) is 4.02. The largest absolute Gasteiger partial charge is 0.368 e. The van der Waals surface area contributed by atoms with Gasteiger partial charge >= 0.3 is 0 Å². The zero-order valence-corrected chi connectivity index (χ0v) is 7.20. The summed E-state index contributed by atoms with van der Waals surface area (Å²) >= 11 is 0. The molecule has 2 N–H and O–H groups in total. The molecule has 0 bridgehead atoms. The van der Waals surface area contributed by atoms with Crippen molar-refractivity contribution in [1.82, 2.24) is 4.98 Å². The van der Waals surface area contributed by atoms with Crippen LogP contribution < -0.4 is 10.6 Å². The van der Waals surface area contributed by atoms with Gasteiger partial charge in [0.05, 0.1) is 0 Å². The second kappa shape index (κ2) is 2.45. The van der Waals surface area contributed by atoms with E-state index in [-0.39, 0.29) is 5.54 Å². The number of hydrogen-bond acceptors (Lipinski definition) is 3. The molecule has 3 heteroatoms. The molecular formula is C9H13N3. The Morgan fingerprint density at radius 2 is 2.00 bits per heavy atom. The predicted octanol–water partition coefficient (Wildman–Crippen LogP) is 0.619. The van der Waals surface area contributed by atoms with Gasteiger partial charge in [-0.3, -0.25) is 4.98 Å². The third kappa shape index (κ3) is 1.28. The summed E-state index contributed by atoms with van der Waals surface area (Å²) in [6.45, 7) is 3.96. The lowest BCUT2D eigenvalue weighted by molar-refractivity contribution is 0.365. The van der Waals surface area contributed by atoms with E-state index >= 15 is 0 Å². The predicted molar refractivity (Wildman–Crippen MR) is 49.0 cm³/mol. The van der Waals surface area contributed by atoms with Crippen LogP contribution in [0.1, 0.15) is 6.92 Å². The van der Waals surface area contributed by atoms with E-state index in [1.54, 1.807) is 0 Å². The van der Waals surface area contributed by atoms with Gasteiger partial charge in [-0.2, -0.15) is 0 Å². The Labute approximate surface area is 72.2 Å². The Morgan fingerprint density at radius 3 is 2.50 bits per heavy atom. The minimum atomic E-state index is 0.00324. The molecule has 1 aromatic heterocycles. The molecule has 2 rings (SSSR count). The molecule has 0 aliphatic carbocycles. The van der Waals surface area contributed by atoms with Crippen molar-refractivity contribution >= 4 is 5.69 Å². The summed E-state index contributed by atoms with van der Waals surface area (Å²) < 4.78 is 0. The summed E-state index contributed by atoms with van der Waals surface area (Å²) in [4.78, 5) is 6.22. The second-order valence-corrected chi connectivity index (χ2v) is 3.72. The first-order valence-corrected chi connectivity index (χ1v) is 4.11. The van der Waals surface area contributed by atoms with Crippen LogP contribution in [-0.4, -0.2) is 23.6 Å². The Kier molecular flexibility index (Phi) is 1.54. The van der Waals surface area contributed by atoms with E-state index in [1.807, 2.05) is 24.5 Å². The number of anilines is 1. The molecule has 2 heterocycles. The molecule has 0 atom stereocenters. The van der Waals surface area contributed by atoms with Gasteiger partial charge in [0.1, 0.15) is 0 Å². The number of aromatic nitrogens is 1. The van der Waals surface area contributed by atoms with Crippen molar-refractivity contribution in [3.8, 4) is 0 Å². The van der Waals surface area contributed by atoms with Gasteiger partial charge in [-0.1, -0.05) is 0 Å². The van der Waals surface area contributed by atoms with Crippen LogP contribution in [0.4, 0.5) is 5.69 Å². The van der Waals surface area contributed by atoms with E-state index in [9.17, 15) is 0 Å². The number of rotatable bonds is 1. The molecule has 0 spiro atoms. The Balaban J connectivity index is 2.06. The van der Waals surface area contributed by atoms with Crippen LogP contribution in [0.3, 0.4) is 0 Å². The molecule has 0 radical (unpaired) electrons. The maximum absolute atomic E-state index is 5.89. The quantitative estimate of drug-likeness (QED) is 0.660. The fourth-order valence-electron chi connectivity index (χ4n) is 1.56. The van der Waals surface area contributed by atoms with E-state index in [4.69, 9.17) is 5.73 Å². The monoisotopic (exact) mass is 163 g/mol. The van der Waals surface area contributed by atoms with E-state index in [0.29, 0.717) is 0 Å². The molecule has 1 aliphatic heterocycles. The zero-order chi connectivity index (χ0) is 8.60. The van der Waals surface area contributed by atoms with Gasteiger partial charge in [0.2, 0.25) is 0 Å². The van der Waals surface area contributed by atoms with Crippen LogP contribution in [0, 0.1) is 0 Å². The van der Waals surface area contributed by atoms with E-state index in [0.717, 1.165) is 13.1 Å². The third-order valence-electron chi connectivity index (χ3n) is 2.13. The molecule has 1 aliphatic rings. The first kappa shape index (κ1) is 7.55. The summed E-state index contributed by atoms with van der Waals surface area (Å²) in [6.07, 6.45) is 3.61. The highest BCUT2D eigenvalue weighted by Crippen LogP contribution is 2.24. The van der Waals surface area contributed by atoms with Crippen LogP contribution in [0.5, 0.6) is 0 Å². The van der Waals surface area contributed by atoms with Gasteiger partial charge < -0.3 is 10.6 Å². The molecule has 0 unspecified atom stereocenters. The van der Waals surface area contributed by atoms with Gasteiger partial charge in [0, 0.05) is 36.7 Å². The Bertz CT molecular complexity index is 260. The lowest BCUT2D eigenvalue weighted by Gasteiger charge is -2.46. The van der Waals surface area contributed by atoms with Crippen LogP contribution in [0.15, 0.2) is 24.5 Å². The minimum absolute atomic E-state index is 0.00324. The van der Waals surface area contributed by atoms with Gasteiger partial charge in [-0.25, -0.2) is 0 Å². The smallest absolute Gasteiger partial charge is 0.0481 e. The topological polar surface area (TPSA) is 42.1 Å². The molecule has 1 fully saturated rings. The SMILES string of the molecule is CC1(N)CN(c2ccncc2)C1. The summed E-state index contributed by atoms with van der Waals surface area (Å²) in [7, 11) is 0. The van der Waals surface area contributed by atoms with E-state index in [1.165, 1.54) is 5.69 Å². The van der Waals surface area contributed by atoms with E-state index < -0.39 is 0 Å². The maximum Gasteiger partial charge on any atom is 0.0481 e. The maximum atomic E-state index is 5.89. The summed E-state index contributed by atoms with van der Waals surface area (Å²) in [5, 5.41) is 0. The normalized spacial score (nSPS) is 20.3. The average Bonchev–Trinajstić information content (AvgIpc) is 2.02. The highest BCUT2D eigenvalue weighted by molar-refractivity contribution is 5.49. The van der Waals surface area contributed by atoms with E-state index in [2.05, 4.69) is 16.8 Å². The molecule has 1 aromatic rings. The molecule has 0 saturated carbocycles. The van der Waals surface area contributed by atoms with Crippen molar-refractivity contribution in [3.63, 3.8) is 0 Å². The highest BCUT2D eigenvalue weighted by atomic mass is 15.2. The number of pyridine rings is 1. The summed E-state index contributed by atoms with van der Waals surface area (Å²) in [5.41, 5.74) is 7.11. The van der Waals surface area contributed by atoms with Gasteiger partial charge in [-0.15, -0.1) is 0 Å². The standard InChI is InChI=1S/C9H13N3/c1-9(10)6-12(7-9)8-2-4-11-5-3-8/h2-5H,6-7,10H2,1H3. The first-order valence-electron chi connectivity index (χ1n) is 4.11. The van der Waals surface area contributed by atoms with Crippen molar-refractivity contribution in [2.24, 2.45) is 5.73 Å². The molecule has 0 aromatic carbocycles. The number of nitrogens with two attached hydrogens (primary N) is 1. The van der Waals surface area contributed by atoms with Gasteiger partial charge in [0.15, 0.2) is 0 Å². The molecule has 64 valence electrons. The Morgan fingerprint density at radius 1 is 1.42 bits per heavy atom. The van der Waals surface area contributed by atoms with Crippen LogP contribution in [-0.2, 0) is 0 Å². The van der Waals surface area contributed by atoms with Gasteiger partial charge in [0.25, 0.3) is 0 Å². The fraction of sp³-hybridized carbons (Fsp3) is 0.444. The average molecular weight is 163 g/mol. The molecular weight excluding hydrogens is 150 g/mol. The molecule has 1 saturated heterocycles. The number of nitrogens with zero attached hydrogens (tertiary/aromatic N) is 2. The lowest BCUT2D eigenvalue weighted by atomic mass is 9.93. The molecule has 12 heavy (non-hydrogen) atoms. The van der Waals surface area contributed by atoms with Crippen molar-refractivity contribution in [1.29, 1.82) is 0 Å². The second-order valence-electron chi connectivity index (χ2n) is 3.72. The van der Waals surface area contributed by atoms with Gasteiger partial charge in [-0.05, 0) is 19.1 Å². The first-order chi connectivity index (χ1) is 5.67. The number of hydrogen-bond donors (Lipinski definition) is 1. The molecule has 0 amide bonds. The third-order valence-corrected chi connectivity index (χ3v) is 2.13. The van der Waals surface area contributed by atoms with Crippen molar-refractivity contribution in [3.05, 3.63) is 24.5 Å². The Hall–Kier alpha value is -1.09. The highest BCUT2D eigenvalue weighted by Gasteiger charge is 2.34. The zero-order valence-electron chi connectivity index (χ0n) is 7.20. The lowest BCUT2D eigenvalue weighted by Crippen LogP contribution is -2.65. The van der Waals surface area contributed by atoms with Crippen molar-refractivity contribution in [2.75, 3.05) is 18.0 Å². The van der Waals surface area contributed by atoms with Crippen molar-refractivity contribution < 1.29 is 0 Å². The summed E-state index contributed by atoms with van der Waals surface area (Å²) in [5.74, 6) is 0. The van der Waals surface area contributed by atoms with Crippen LogP contribution >= 0.6 is 0 Å². The van der Waals surface area contributed by atoms with Crippen molar-refractivity contribution in [2.45, 2.75) is 12.5 Å². The molecule has 3 nitrogen and oxygen atoms in total. The van der Waals surface area contributed by atoms with Crippen LogP contribution in [0.25, 0.3) is 0 Å². The van der Waals surface area contributed by atoms with Crippen LogP contribution in [0.2, 0.25) is 0 Å². The minimum Gasteiger partial charge on any atom is -0.368 e. The fourth-order valence-corrected chi connectivity index (χ4v) is 1.56.